The van der Waals surface area contributed by atoms with E-state index in [1.54, 1.807) is 12.1 Å². The molecule has 0 saturated carbocycles. The highest BCUT2D eigenvalue weighted by atomic mass is 35.5. The summed E-state index contributed by atoms with van der Waals surface area (Å²) in [6.07, 6.45) is 0. The molecule has 2 heterocycles. The van der Waals surface area contributed by atoms with Crippen molar-refractivity contribution >= 4 is 49.4 Å². The molecule has 0 unspecified atom stereocenters. The number of rotatable bonds is 1. The second kappa shape index (κ2) is 4.19. The highest BCUT2D eigenvalue weighted by Crippen LogP contribution is 2.31. The van der Waals surface area contributed by atoms with Crippen LogP contribution in [0.1, 0.15) is 0 Å². The molecule has 0 aliphatic carbocycles. The molecule has 4 nitrogen and oxygen atoms in total. The van der Waals surface area contributed by atoms with Gasteiger partial charge in [-0.1, -0.05) is 22.9 Å². The van der Waals surface area contributed by atoms with Gasteiger partial charge in [0.15, 0.2) is 10.7 Å². The zero-order valence-electron chi connectivity index (χ0n) is 10.1. The number of nitrogens with zero attached hydrogens (tertiary/aromatic N) is 2. The summed E-state index contributed by atoms with van der Waals surface area (Å²) in [4.78, 5) is 8.69. The fourth-order valence-electron chi connectivity index (χ4n) is 2.10. The number of fused-ring (bicyclic) bond motifs is 2. The van der Waals surface area contributed by atoms with Gasteiger partial charge >= 0.3 is 0 Å². The van der Waals surface area contributed by atoms with Crippen molar-refractivity contribution in [2.75, 3.05) is 5.73 Å². The summed E-state index contributed by atoms with van der Waals surface area (Å²) in [6, 6.07) is 11.2. The number of hydrogen-bond donors (Lipinski definition) is 1. The van der Waals surface area contributed by atoms with E-state index in [2.05, 4.69) is 9.97 Å². The molecule has 0 radical (unpaired) electrons. The molecule has 20 heavy (non-hydrogen) atoms. The van der Waals surface area contributed by atoms with Crippen molar-refractivity contribution in [3.8, 4) is 11.5 Å². The van der Waals surface area contributed by atoms with Gasteiger partial charge in [0.05, 0.1) is 10.2 Å². The Kier molecular flexibility index (Phi) is 2.45. The van der Waals surface area contributed by atoms with E-state index in [1.165, 1.54) is 11.3 Å². The molecule has 2 aromatic heterocycles. The van der Waals surface area contributed by atoms with E-state index in [4.69, 9.17) is 21.8 Å². The van der Waals surface area contributed by atoms with Crippen LogP contribution in [0.2, 0.25) is 5.02 Å². The Balaban J connectivity index is 1.90. The number of hydrogen-bond acceptors (Lipinski definition) is 5. The molecule has 0 spiro atoms. The first kappa shape index (κ1) is 11.7. The minimum absolute atomic E-state index is 0.557. The number of anilines is 1. The van der Waals surface area contributed by atoms with Crippen LogP contribution in [0.3, 0.4) is 0 Å². The number of oxazole rings is 1. The molecule has 6 heteroatoms. The summed E-state index contributed by atoms with van der Waals surface area (Å²) in [5.74, 6) is 0.566. The number of benzene rings is 2. The zero-order valence-corrected chi connectivity index (χ0v) is 11.7. The molecular weight excluding hydrogens is 294 g/mol. The van der Waals surface area contributed by atoms with Crippen molar-refractivity contribution in [1.29, 1.82) is 0 Å². The van der Waals surface area contributed by atoms with Crippen LogP contribution in [0.25, 0.3) is 32.8 Å². The third-order valence-electron chi connectivity index (χ3n) is 3.00. The van der Waals surface area contributed by atoms with Gasteiger partial charge in [-0.3, -0.25) is 0 Å². The molecule has 0 amide bonds. The van der Waals surface area contributed by atoms with Gasteiger partial charge in [0, 0.05) is 10.6 Å². The van der Waals surface area contributed by atoms with Crippen LogP contribution in [-0.4, -0.2) is 9.97 Å². The second-order valence-corrected chi connectivity index (χ2v) is 5.86. The quantitative estimate of drug-likeness (QED) is 0.568. The van der Waals surface area contributed by atoms with Crippen molar-refractivity contribution < 1.29 is 4.42 Å². The molecule has 98 valence electrons. The van der Waals surface area contributed by atoms with E-state index in [9.17, 15) is 0 Å². The number of halogens is 1. The minimum atomic E-state index is 0.557. The molecule has 0 atom stereocenters. The van der Waals surface area contributed by atoms with E-state index in [0.29, 0.717) is 21.6 Å². The van der Waals surface area contributed by atoms with Crippen LogP contribution in [0, 0.1) is 0 Å². The summed E-state index contributed by atoms with van der Waals surface area (Å²) >= 11 is 7.40. The van der Waals surface area contributed by atoms with Gasteiger partial charge in [0.25, 0.3) is 0 Å². The summed E-state index contributed by atoms with van der Waals surface area (Å²) in [7, 11) is 0. The standard InChI is InChI=1S/C14H8ClN3OS/c15-8-2-4-11-10(6-8)17-13(19-11)7-1-3-9-12(5-7)20-14(16)18-9/h1-6H,(H2,16,18). The average molecular weight is 302 g/mol. The lowest BCUT2D eigenvalue weighted by Crippen LogP contribution is -1.79. The van der Waals surface area contributed by atoms with Crippen LogP contribution in [0.5, 0.6) is 0 Å². The number of thiazole rings is 1. The number of nitrogen functional groups attached to an aromatic ring is 1. The Labute approximate surface area is 122 Å². The van der Waals surface area contributed by atoms with Crippen LogP contribution in [-0.2, 0) is 0 Å². The van der Waals surface area contributed by atoms with Crippen LogP contribution in [0.15, 0.2) is 40.8 Å². The summed E-state index contributed by atoms with van der Waals surface area (Å²) in [5.41, 5.74) is 8.96. The molecule has 0 saturated heterocycles. The lowest BCUT2D eigenvalue weighted by Gasteiger charge is -1.94. The first-order valence-electron chi connectivity index (χ1n) is 5.91. The van der Waals surface area contributed by atoms with Gasteiger partial charge in [0.2, 0.25) is 5.89 Å². The Morgan fingerprint density at radius 2 is 1.95 bits per heavy atom. The Morgan fingerprint density at radius 3 is 2.85 bits per heavy atom. The Hall–Kier alpha value is -2.11. The topological polar surface area (TPSA) is 64.9 Å². The normalized spacial score (nSPS) is 11.4. The molecule has 0 aliphatic rings. The van der Waals surface area contributed by atoms with Gasteiger partial charge in [-0.2, -0.15) is 0 Å². The van der Waals surface area contributed by atoms with Crippen molar-refractivity contribution in [1.82, 2.24) is 9.97 Å². The summed E-state index contributed by atoms with van der Waals surface area (Å²) in [5, 5.41) is 1.20. The van der Waals surface area contributed by atoms with Crippen molar-refractivity contribution in [3.63, 3.8) is 0 Å². The van der Waals surface area contributed by atoms with Crippen LogP contribution >= 0.6 is 22.9 Å². The van der Waals surface area contributed by atoms with Crippen molar-refractivity contribution in [2.24, 2.45) is 0 Å². The smallest absolute Gasteiger partial charge is 0.227 e. The highest BCUT2D eigenvalue weighted by molar-refractivity contribution is 7.22. The van der Waals surface area contributed by atoms with Crippen LogP contribution < -0.4 is 5.73 Å². The number of aromatic nitrogens is 2. The van der Waals surface area contributed by atoms with Crippen LogP contribution in [0.4, 0.5) is 5.13 Å². The van der Waals surface area contributed by atoms with Gasteiger partial charge in [-0.15, -0.1) is 0 Å². The van der Waals surface area contributed by atoms with E-state index >= 15 is 0 Å². The Bertz CT molecular complexity index is 944. The predicted octanol–water partition coefficient (Wildman–Crippen LogP) is 4.34. The monoisotopic (exact) mass is 301 g/mol. The molecule has 0 aliphatic heterocycles. The maximum atomic E-state index is 5.95. The second-order valence-electron chi connectivity index (χ2n) is 4.37. The highest BCUT2D eigenvalue weighted by Gasteiger charge is 2.10. The van der Waals surface area contributed by atoms with Crippen molar-refractivity contribution in [3.05, 3.63) is 41.4 Å². The van der Waals surface area contributed by atoms with E-state index in [1.807, 2.05) is 24.3 Å². The fourth-order valence-corrected chi connectivity index (χ4v) is 3.04. The fraction of sp³-hybridized carbons (Fsp3) is 0. The molecule has 0 bridgehead atoms. The summed E-state index contributed by atoms with van der Waals surface area (Å²) < 4.78 is 6.76. The van der Waals surface area contributed by atoms with E-state index in [0.717, 1.165) is 21.3 Å². The largest absolute Gasteiger partial charge is 0.436 e. The molecule has 2 N–H and O–H groups in total. The SMILES string of the molecule is Nc1nc2ccc(-c3nc4cc(Cl)ccc4o3)cc2s1. The average Bonchev–Trinajstić information content (AvgIpc) is 2.99. The van der Waals surface area contributed by atoms with Gasteiger partial charge < -0.3 is 10.2 Å². The maximum absolute atomic E-state index is 5.95. The van der Waals surface area contributed by atoms with Crippen molar-refractivity contribution in [2.45, 2.75) is 0 Å². The minimum Gasteiger partial charge on any atom is -0.436 e. The lowest BCUT2D eigenvalue weighted by molar-refractivity contribution is 0.620. The van der Waals surface area contributed by atoms with E-state index in [-0.39, 0.29) is 0 Å². The molecule has 4 aromatic rings. The lowest BCUT2D eigenvalue weighted by atomic mass is 10.2. The zero-order chi connectivity index (χ0) is 13.7. The van der Waals surface area contributed by atoms with Gasteiger partial charge in [-0.25, -0.2) is 9.97 Å². The molecule has 2 aromatic carbocycles. The first-order valence-corrected chi connectivity index (χ1v) is 7.11. The third kappa shape index (κ3) is 1.83. The Morgan fingerprint density at radius 1 is 1.05 bits per heavy atom. The first-order chi connectivity index (χ1) is 9.69. The predicted molar refractivity (Wildman–Crippen MR) is 82.0 cm³/mol. The molecule has 4 rings (SSSR count). The molecule has 0 fully saturated rings. The summed E-state index contributed by atoms with van der Waals surface area (Å²) in [6.45, 7) is 0. The van der Waals surface area contributed by atoms with Gasteiger partial charge in [0.1, 0.15) is 5.52 Å². The van der Waals surface area contributed by atoms with E-state index < -0.39 is 0 Å². The van der Waals surface area contributed by atoms with Gasteiger partial charge in [-0.05, 0) is 36.4 Å². The maximum Gasteiger partial charge on any atom is 0.227 e. The number of nitrogens with two attached hydrogens (primary N) is 1. The third-order valence-corrected chi connectivity index (χ3v) is 4.08. The molecular formula is C14H8ClN3OS.